The fourth-order valence-corrected chi connectivity index (χ4v) is 3.73. The molecule has 118 valence electrons. The molecule has 2 N–H and O–H groups in total. The fraction of sp³-hybridized carbons (Fsp3) is 0.500. The number of H-pyrrole nitrogens is 1. The lowest BCUT2D eigenvalue weighted by Crippen LogP contribution is -2.39. The molecule has 1 atom stereocenters. The number of aryl methyl sites for hydroxylation is 2. The zero-order valence-electron chi connectivity index (χ0n) is 12.8. The molecule has 6 heteroatoms. The highest BCUT2D eigenvalue weighted by Crippen LogP contribution is 2.32. The minimum atomic E-state index is 0.0672. The van der Waals surface area contributed by atoms with Crippen LogP contribution in [0.1, 0.15) is 42.1 Å². The lowest BCUT2D eigenvalue weighted by atomic mass is 10.1. The predicted octanol–water partition coefficient (Wildman–Crippen LogP) is 3.26. The van der Waals surface area contributed by atoms with E-state index in [-0.39, 0.29) is 12.1 Å². The Bertz CT molecular complexity index is 607. The number of nitrogens with zero attached hydrogens (tertiary/aromatic N) is 2. The van der Waals surface area contributed by atoms with Crippen molar-refractivity contribution < 1.29 is 4.79 Å². The van der Waals surface area contributed by atoms with Gasteiger partial charge in [0.1, 0.15) is 0 Å². The van der Waals surface area contributed by atoms with E-state index in [0.29, 0.717) is 6.54 Å². The van der Waals surface area contributed by atoms with Crippen LogP contribution in [0.5, 0.6) is 0 Å². The molecule has 0 aliphatic carbocycles. The molecule has 2 aromatic rings. The van der Waals surface area contributed by atoms with Gasteiger partial charge in [0.15, 0.2) is 0 Å². The third kappa shape index (κ3) is 3.32. The minimum absolute atomic E-state index is 0.0672. The number of carbonyl (C=O) groups excluding carboxylic acids is 1. The summed E-state index contributed by atoms with van der Waals surface area (Å²) in [5.41, 5.74) is 3.61. The van der Waals surface area contributed by atoms with Gasteiger partial charge in [-0.1, -0.05) is 0 Å². The van der Waals surface area contributed by atoms with Crippen LogP contribution in [0, 0.1) is 6.92 Å². The van der Waals surface area contributed by atoms with Gasteiger partial charge in [-0.25, -0.2) is 4.79 Å². The maximum atomic E-state index is 12.4. The maximum Gasteiger partial charge on any atom is 0.317 e. The van der Waals surface area contributed by atoms with Crippen molar-refractivity contribution in [2.24, 2.45) is 0 Å². The van der Waals surface area contributed by atoms with E-state index in [4.69, 9.17) is 0 Å². The van der Waals surface area contributed by atoms with Crippen LogP contribution in [0.3, 0.4) is 0 Å². The van der Waals surface area contributed by atoms with E-state index in [1.165, 1.54) is 11.1 Å². The van der Waals surface area contributed by atoms with Crippen LogP contribution >= 0.6 is 11.3 Å². The highest BCUT2D eigenvalue weighted by molar-refractivity contribution is 7.07. The molecule has 1 aliphatic heterocycles. The predicted molar refractivity (Wildman–Crippen MR) is 88.0 cm³/mol. The molecule has 0 saturated carbocycles. The monoisotopic (exact) mass is 318 g/mol. The number of aromatic amines is 1. The van der Waals surface area contributed by atoms with Gasteiger partial charge in [0, 0.05) is 18.8 Å². The van der Waals surface area contributed by atoms with Crippen LogP contribution in [-0.4, -0.2) is 34.2 Å². The topological polar surface area (TPSA) is 61.0 Å². The zero-order valence-corrected chi connectivity index (χ0v) is 13.7. The summed E-state index contributed by atoms with van der Waals surface area (Å²) < 4.78 is 0. The maximum absolute atomic E-state index is 12.4. The molecule has 22 heavy (non-hydrogen) atoms. The second-order valence-corrected chi connectivity index (χ2v) is 6.54. The summed E-state index contributed by atoms with van der Waals surface area (Å²) in [5, 5.41) is 14.2. The number of hydrogen-bond donors (Lipinski definition) is 2. The van der Waals surface area contributed by atoms with Gasteiger partial charge in [0.25, 0.3) is 0 Å². The molecule has 0 spiro atoms. The van der Waals surface area contributed by atoms with Crippen LogP contribution in [-0.2, 0) is 6.42 Å². The Morgan fingerprint density at radius 3 is 3.23 bits per heavy atom. The van der Waals surface area contributed by atoms with Crippen molar-refractivity contribution in [3.63, 3.8) is 0 Å². The van der Waals surface area contributed by atoms with Crippen molar-refractivity contribution in [1.29, 1.82) is 0 Å². The second-order valence-electron chi connectivity index (χ2n) is 5.76. The number of nitrogens with one attached hydrogen (secondary N) is 2. The molecule has 3 heterocycles. The molecule has 2 amide bonds. The summed E-state index contributed by atoms with van der Waals surface area (Å²) in [6.45, 7) is 3.58. The quantitative estimate of drug-likeness (QED) is 0.831. The average Bonchev–Trinajstić information content (AvgIpc) is 3.24. The summed E-state index contributed by atoms with van der Waals surface area (Å²) >= 11 is 1.69. The van der Waals surface area contributed by atoms with Crippen molar-refractivity contribution in [2.45, 2.75) is 38.6 Å². The molecular formula is C16H22N4OS. The molecule has 1 unspecified atom stereocenters. The van der Waals surface area contributed by atoms with E-state index >= 15 is 0 Å². The number of hydrogen-bond acceptors (Lipinski definition) is 3. The van der Waals surface area contributed by atoms with E-state index in [1.807, 2.05) is 18.0 Å². The number of urea groups is 1. The molecule has 1 saturated heterocycles. The number of rotatable bonds is 5. The van der Waals surface area contributed by atoms with Gasteiger partial charge in [-0.05, 0) is 60.6 Å². The Morgan fingerprint density at radius 1 is 1.59 bits per heavy atom. The van der Waals surface area contributed by atoms with Gasteiger partial charge in [-0.3, -0.25) is 5.10 Å². The molecule has 5 nitrogen and oxygen atoms in total. The standard InChI is InChI=1S/C16H22N4OS/c1-12-13(10-18-19-12)4-2-7-17-16(21)20-8-3-5-15(20)14-6-9-22-11-14/h6,9-11,15H,2-5,7-8H2,1H3,(H,17,21)(H,18,19). The molecule has 0 bridgehead atoms. The van der Waals surface area contributed by atoms with Crippen LogP contribution in [0.15, 0.2) is 23.0 Å². The largest absolute Gasteiger partial charge is 0.338 e. The van der Waals surface area contributed by atoms with Crippen LogP contribution in [0.4, 0.5) is 4.79 Å². The first-order valence-electron chi connectivity index (χ1n) is 7.81. The lowest BCUT2D eigenvalue weighted by Gasteiger charge is -2.24. The van der Waals surface area contributed by atoms with E-state index in [9.17, 15) is 4.79 Å². The molecule has 0 aromatic carbocycles. The number of amides is 2. The summed E-state index contributed by atoms with van der Waals surface area (Å²) in [6, 6.07) is 2.45. The van der Waals surface area contributed by atoms with Crippen molar-refractivity contribution >= 4 is 17.4 Å². The minimum Gasteiger partial charge on any atom is -0.338 e. The smallest absolute Gasteiger partial charge is 0.317 e. The SMILES string of the molecule is Cc1[nH]ncc1CCCNC(=O)N1CCCC1c1ccsc1. The summed E-state index contributed by atoms with van der Waals surface area (Å²) in [6.07, 6.45) is 5.89. The first kappa shape index (κ1) is 15.1. The van der Waals surface area contributed by atoms with Gasteiger partial charge in [-0.2, -0.15) is 16.4 Å². The lowest BCUT2D eigenvalue weighted by molar-refractivity contribution is 0.193. The first-order valence-corrected chi connectivity index (χ1v) is 8.75. The highest BCUT2D eigenvalue weighted by atomic mass is 32.1. The van der Waals surface area contributed by atoms with Gasteiger partial charge < -0.3 is 10.2 Å². The Kier molecular flexibility index (Phi) is 4.77. The molecule has 1 aliphatic rings. The molecule has 1 fully saturated rings. The van der Waals surface area contributed by atoms with Gasteiger partial charge in [0.2, 0.25) is 0 Å². The van der Waals surface area contributed by atoms with E-state index in [2.05, 4.69) is 32.3 Å². The van der Waals surface area contributed by atoms with Crippen molar-refractivity contribution in [3.8, 4) is 0 Å². The second kappa shape index (κ2) is 6.96. The van der Waals surface area contributed by atoms with E-state index in [1.54, 1.807) is 11.3 Å². The van der Waals surface area contributed by atoms with Crippen molar-refractivity contribution in [2.75, 3.05) is 13.1 Å². The number of aromatic nitrogens is 2. The highest BCUT2D eigenvalue weighted by Gasteiger charge is 2.29. The van der Waals surface area contributed by atoms with Gasteiger partial charge in [0.05, 0.1) is 12.2 Å². The van der Waals surface area contributed by atoms with Gasteiger partial charge in [-0.15, -0.1) is 0 Å². The van der Waals surface area contributed by atoms with E-state index < -0.39 is 0 Å². The van der Waals surface area contributed by atoms with E-state index in [0.717, 1.165) is 37.9 Å². The zero-order chi connectivity index (χ0) is 15.4. The Hall–Kier alpha value is -1.82. The molecular weight excluding hydrogens is 296 g/mol. The van der Waals surface area contributed by atoms with Crippen molar-refractivity contribution in [1.82, 2.24) is 20.4 Å². The summed E-state index contributed by atoms with van der Waals surface area (Å²) in [7, 11) is 0. The number of thiophene rings is 1. The summed E-state index contributed by atoms with van der Waals surface area (Å²) in [4.78, 5) is 14.4. The van der Waals surface area contributed by atoms with Crippen LogP contribution in [0.2, 0.25) is 0 Å². The van der Waals surface area contributed by atoms with Crippen LogP contribution < -0.4 is 5.32 Å². The average molecular weight is 318 g/mol. The third-order valence-electron chi connectivity index (χ3n) is 4.28. The number of likely N-dealkylation sites (tertiary alicyclic amines) is 1. The summed E-state index contributed by atoms with van der Waals surface area (Å²) in [5.74, 6) is 0. The Balaban J connectivity index is 1.46. The molecule has 0 radical (unpaired) electrons. The van der Waals surface area contributed by atoms with Crippen molar-refractivity contribution in [3.05, 3.63) is 39.8 Å². The van der Waals surface area contributed by atoms with Gasteiger partial charge >= 0.3 is 6.03 Å². The van der Waals surface area contributed by atoms with Crippen LogP contribution in [0.25, 0.3) is 0 Å². The normalized spacial score (nSPS) is 17.9. The molecule has 3 rings (SSSR count). The number of carbonyl (C=O) groups is 1. The Labute approximate surface area is 134 Å². The third-order valence-corrected chi connectivity index (χ3v) is 4.98. The first-order chi connectivity index (χ1) is 10.8. The molecule has 2 aromatic heterocycles. The Morgan fingerprint density at radius 2 is 2.50 bits per heavy atom. The fourth-order valence-electron chi connectivity index (χ4n) is 3.02.